The van der Waals surface area contributed by atoms with E-state index in [-0.39, 0.29) is 23.7 Å². The van der Waals surface area contributed by atoms with Crippen LogP contribution in [0.15, 0.2) is 12.4 Å². The second-order valence-corrected chi connectivity index (χ2v) is 8.01. The maximum atomic E-state index is 12.7. The molecule has 2 heterocycles. The van der Waals surface area contributed by atoms with Gasteiger partial charge in [-0.25, -0.2) is 12.7 Å². The first-order valence-corrected chi connectivity index (χ1v) is 9.02. The number of rotatable bonds is 6. The van der Waals surface area contributed by atoms with E-state index in [1.165, 1.54) is 0 Å². The molecule has 0 aromatic carbocycles. The first-order valence-electron chi connectivity index (χ1n) is 7.52. The van der Waals surface area contributed by atoms with E-state index in [1.807, 2.05) is 27.1 Å². The second-order valence-electron chi connectivity index (χ2n) is 5.80. The molecular formula is C14H25N3O3S. The monoisotopic (exact) mass is 315 g/mol. The van der Waals surface area contributed by atoms with E-state index in [1.54, 1.807) is 15.2 Å². The highest BCUT2D eigenvalue weighted by molar-refractivity contribution is 7.89. The molecule has 1 fully saturated rings. The minimum absolute atomic E-state index is 0.00546. The molecule has 0 aliphatic carbocycles. The molecule has 2 rings (SSSR count). The predicted octanol–water partition coefficient (Wildman–Crippen LogP) is 0.946. The summed E-state index contributed by atoms with van der Waals surface area (Å²) in [6.07, 6.45) is 4.91. The van der Waals surface area contributed by atoms with Gasteiger partial charge >= 0.3 is 0 Å². The molecule has 1 aromatic rings. The topological polar surface area (TPSA) is 75.4 Å². The van der Waals surface area contributed by atoms with Crippen molar-refractivity contribution in [1.82, 2.24) is 14.1 Å². The van der Waals surface area contributed by atoms with Crippen molar-refractivity contribution in [2.24, 2.45) is 13.0 Å². The number of aliphatic hydroxyl groups is 1. The van der Waals surface area contributed by atoms with Crippen molar-refractivity contribution in [3.05, 3.63) is 18.0 Å². The van der Waals surface area contributed by atoms with Gasteiger partial charge in [-0.3, -0.25) is 4.68 Å². The Kier molecular flexibility index (Phi) is 5.06. The van der Waals surface area contributed by atoms with Crippen molar-refractivity contribution < 1.29 is 13.5 Å². The van der Waals surface area contributed by atoms with Crippen LogP contribution in [0.25, 0.3) is 0 Å². The van der Waals surface area contributed by atoms with Gasteiger partial charge in [0.25, 0.3) is 0 Å². The fourth-order valence-corrected chi connectivity index (χ4v) is 5.19. The highest BCUT2D eigenvalue weighted by atomic mass is 32.2. The average Bonchev–Trinajstić information content (AvgIpc) is 3.05. The van der Waals surface area contributed by atoms with Crippen LogP contribution in [0.5, 0.6) is 0 Å². The molecule has 0 spiro atoms. The van der Waals surface area contributed by atoms with Gasteiger partial charge < -0.3 is 5.11 Å². The second kappa shape index (κ2) is 6.46. The Hall–Kier alpha value is -0.920. The highest BCUT2D eigenvalue weighted by Crippen LogP contribution is 2.35. The molecule has 0 unspecified atom stereocenters. The van der Waals surface area contributed by atoms with Crippen molar-refractivity contribution in [2.75, 3.05) is 19.7 Å². The zero-order chi connectivity index (χ0) is 15.6. The van der Waals surface area contributed by atoms with Gasteiger partial charge in [0.05, 0.1) is 11.4 Å². The highest BCUT2D eigenvalue weighted by Gasteiger charge is 2.41. The van der Waals surface area contributed by atoms with Crippen LogP contribution in [-0.4, -0.2) is 52.6 Å². The van der Waals surface area contributed by atoms with Crippen LogP contribution >= 0.6 is 0 Å². The third-order valence-corrected chi connectivity index (χ3v) is 7.01. The zero-order valence-electron chi connectivity index (χ0n) is 12.9. The predicted molar refractivity (Wildman–Crippen MR) is 81.4 cm³/mol. The van der Waals surface area contributed by atoms with Gasteiger partial charge in [-0.15, -0.1) is 0 Å². The van der Waals surface area contributed by atoms with Crippen LogP contribution < -0.4 is 0 Å². The lowest BCUT2D eigenvalue weighted by Gasteiger charge is -2.22. The normalized spacial score (nSPS) is 24.0. The van der Waals surface area contributed by atoms with Crippen molar-refractivity contribution >= 4 is 10.0 Å². The summed E-state index contributed by atoms with van der Waals surface area (Å²) in [5.41, 5.74) is 0.999. The molecule has 1 aromatic heterocycles. The Bertz CT molecular complexity index is 566. The fraction of sp³-hybridized carbons (Fsp3) is 0.786. The summed E-state index contributed by atoms with van der Waals surface area (Å²) < 4.78 is 28.6. The van der Waals surface area contributed by atoms with Gasteiger partial charge in [-0.05, 0) is 18.4 Å². The van der Waals surface area contributed by atoms with E-state index in [9.17, 15) is 13.5 Å². The number of hydrogen-bond donors (Lipinski definition) is 1. The van der Waals surface area contributed by atoms with Gasteiger partial charge in [-0.2, -0.15) is 5.10 Å². The van der Waals surface area contributed by atoms with E-state index in [0.29, 0.717) is 25.9 Å². The average molecular weight is 315 g/mol. The lowest BCUT2D eigenvalue weighted by Crippen LogP contribution is -2.37. The van der Waals surface area contributed by atoms with Crippen LogP contribution in [-0.2, 0) is 17.1 Å². The Labute approximate surface area is 126 Å². The molecule has 120 valence electrons. The third-order valence-electron chi connectivity index (χ3n) is 4.49. The van der Waals surface area contributed by atoms with Crippen LogP contribution in [0.2, 0.25) is 0 Å². The summed E-state index contributed by atoms with van der Waals surface area (Å²) in [6.45, 7) is 4.65. The molecule has 1 saturated heterocycles. The minimum Gasteiger partial charge on any atom is -0.396 e. The molecule has 0 radical (unpaired) electrons. The van der Waals surface area contributed by atoms with Crippen LogP contribution in [0.3, 0.4) is 0 Å². The molecular weight excluding hydrogens is 290 g/mol. The molecule has 1 aliphatic rings. The van der Waals surface area contributed by atoms with Gasteiger partial charge in [0.15, 0.2) is 0 Å². The molecule has 0 amide bonds. The first-order chi connectivity index (χ1) is 9.93. The van der Waals surface area contributed by atoms with Crippen LogP contribution in [0.4, 0.5) is 0 Å². The number of hydrogen-bond acceptors (Lipinski definition) is 4. The molecule has 1 N–H and O–H groups in total. The Morgan fingerprint density at radius 3 is 2.52 bits per heavy atom. The number of aryl methyl sites for hydroxylation is 1. The van der Waals surface area contributed by atoms with E-state index >= 15 is 0 Å². The third kappa shape index (κ3) is 3.14. The molecule has 7 heteroatoms. The maximum Gasteiger partial charge on any atom is 0.216 e. The molecule has 0 bridgehead atoms. The minimum atomic E-state index is -3.28. The molecule has 1 aliphatic heterocycles. The summed E-state index contributed by atoms with van der Waals surface area (Å²) in [5.74, 6) is -0.0359. The lowest BCUT2D eigenvalue weighted by atomic mass is 9.92. The van der Waals surface area contributed by atoms with E-state index in [0.717, 1.165) is 5.56 Å². The SMILES string of the molecule is CCC(CC)S(=O)(=O)N1C[C@@H](CO)[C@H](c2cnn(C)c2)C1. The summed E-state index contributed by atoms with van der Waals surface area (Å²) in [5, 5.41) is 13.4. The summed E-state index contributed by atoms with van der Waals surface area (Å²) in [4.78, 5) is 0. The van der Waals surface area contributed by atoms with Crippen LogP contribution in [0.1, 0.15) is 38.2 Å². The quantitative estimate of drug-likeness (QED) is 0.848. The van der Waals surface area contributed by atoms with E-state index in [4.69, 9.17) is 0 Å². The Morgan fingerprint density at radius 1 is 1.38 bits per heavy atom. The maximum absolute atomic E-state index is 12.7. The van der Waals surface area contributed by atoms with Gasteiger partial charge in [0, 0.05) is 44.8 Å². The molecule has 6 nitrogen and oxygen atoms in total. The van der Waals surface area contributed by atoms with Crippen molar-refractivity contribution in [3.8, 4) is 0 Å². The smallest absolute Gasteiger partial charge is 0.216 e. The van der Waals surface area contributed by atoms with E-state index < -0.39 is 10.0 Å². The van der Waals surface area contributed by atoms with Crippen molar-refractivity contribution in [1.29, 1.82) is 0 Å². The van der Waals surface area contributed by atoms with Gasteiger partial charge in [0.1, 0.15) is 0 Å². The fourth-order valence-electron chi connectivity index (χ4n) is 3.15. The molecule has 0 saturated carbocycles. The van der Waals surface area contributed by atoms with Crippen molar-refractivity contribution in [3.63, 3.8) is 0 Å². The standard InChI is InChI=1S/C14H25N3O3S/c1-4-13(5-2)21(19,20)17-8-12(10-18)14(9-17)11-6-15-16(3)7-11/h6-7,12-14,18H,4-5,8-10H2,1-3H3/t12-,14-/m0/s1. The number of aliphatic hydroxyl groups excluding tert-OH is 1. The van der Waals surface area contributed by atoms with Gasteiger partial charge in [0.2, 0.25) is 10.0 Å². The summed E-state index contributed by atoms with van der Waals surface area (Å²) in [7, 11) is -1.44. The number of aromatic nitrogens is 2. The molecule has 2 atom stereocenters. The zero-order valence-corrected chi connectivity index (χ0v) is 13.8. The van der Waals surface area contributed by atoms with Crippen LogP contribution in [0, 0.1) is 5.92 Å². The number of nitrogens with zero attached hydrogens (tertiary/aromatic N) is 3. The number of sulfonamides is 1. The lowest BCUT2D eigenvalue weighted by molar-refractivity contribution is 0.223. The first kappa shape index (κ1) is 16.5. The molecule has 21 heavy (non-hydrogen) atoms. The Morgan fingerprint density at radius 2 is 2.05 bits per heavy atom. The van der Waals surface area contributed by atoms with Gasteiger partial charge in [-0.1, -0.05) is 13.8 Å². The van der Waals surface area contributed by atoms with E-state index in [2.05, 4.69) is 5.10 Å². The Balaban J connectivity index is 2.22. The summed E-state index contributed by atoms with van der Waals surface area (Å²) >= 11 is 0. The largest absolute Gasteiger partial charge is 0.396 e. The van der Waals surface area contributed by atoms with Crippen molar-refractivity contribution in [2.45, 2.75) is 37.9 Å². The summed E-state index contributed by atoms with van der Waals surface area (Å²) in [6, 6.07) is 0.